The number of methoxy groups -OCH3 is 1. The van der Waals surface area contributed by atoms with Crippen molar-refractivity contribution in [2.45, 2.75) is 19.6 Å². The van der Waals surface area contributed by atoms with E-state index < -0.39 is 0 Å². The molecule has 158 valence electrons. The van der Waals surface area contributed by atoms with Gasteiger partial charge in [-0.2, -0.15) is 0 Å². The molecule has 4 rings (SSSR count). The molecule has 0 spiro atoms. The first kappa shape index (κ1) is 20.3. The lowest BCUT2D eigenvalue weighted by molar-refractivity contribution is 0.0871. The molecular weight excluding hydrogens is 378 g/mol. The van der Waals surface area contributed by atoms with Crippen LogP contribution in [0.2, 0.25) is 0 Å². The Labute approximate surface area is 178 Å². The SMILES string of the molecule is COc1cccc(COC(=O)N2CCC3=C(CN(Cc4ccccc4)CN3C)C2)c1. The number of nitrogens with zero attached hydrogens (tertiary/aromatic N) is 3. The zero-order chi connectivity index (χ0) is 20.9. The van der Waals surface area contributed by atoms with Gasteiger partial charge in [-0.25, -0.2) is 4.79 Å². The summed E-state index contributed by atoms with van der Waals surface area (Å²) in [6.45, 7) is 4.27. The normalized spacial score (nSPS) is 17.0. The van der Waals surface area contributed by atoms with Crippen molar-refractivity contribution in [1.29, 1.82) is 0 Å². The minimum absolute atomic E-state index is 0.248. The molecule has 0 radical (unpaired) electrons. The number of benzene rings is 2. The van der Waals surface area contributed by atoms with E-state index in [-0.39, 0.29) is 12.7 Å². The van der Waals surface area contributed by atoms with Gasteiger partial charge in [0.05, 0.1) is 13.8 Å². The number of ether oxygens (including phenoxy) is 2. The average molecular weight is 408 g/mol. The highest BCUT2D eigenvalue weighted by molar-refractivity contribution is 5.68. The second-order valence-electron chi connectivity index (χ2n) is 7.94. The van der Waals surface area contributed by atoms with E-state index in [4.69, 9.17) is 9.47 Å². The summed E-state index contributed by atoms with van der Waals surface area (Å²) in [6.07, 6.45) is 0.617. The smallest absolute Gasteiger partial charge is 0.410 e. The van der Waals surface area contributed by atoms with Crippen molar-refractivity contribution < 1.29 is 14.3 Å². The standard InChI is InChI=1S/C24H29N3O3/c1-25-18-26(14-19-7-4-3-5-8-19)15-21-16-27(12-11-23(21)25)24(28)30-17-20-9-6-10-22(13-20)29-2/h3-10,13H,11-12,14-18H2,1-2H3. The highest BCUT2D eigenvalue weighted by Crippen LogP contribution is 2.27. The first-order chi connectivity index (χ1) is 14.6. The van der Waals surface area contributed by atoms with Gasteiger partial charge in [0.1, 0.15) is 12.4 Å². The van der Waals surface area contributed by atoms with E-state index in [0.717, 1.165) is 37.5 Å². The Morgan fingerprint density at radius 1 is 1.03 bits per heavy atom. The van der Waals surface area contributed by atoms with E-state index in [1.54, 1.807) is 7.11 Å². The number of amides is 1. The summed E-state index contributed by atoms with van der Waals surface area (Å²) in [6, 6.07) is 18.1. The summed E-state index contributed by atoms with van der Waals surface area (Å²) in [7, 11) is 3.77. The maximum Gasteiger partial charge on any atom is 0.410 e. The van der Waals surface area contributed by atoms with Gasteiger partial charge in [-0.3, -0.25) is 4.90 Å². The Balaban J connectivity index is 1.35. The Bertz CT molecular complexity index is 913. The van der Waals surface area contributed by atoms with Crippen LogP contribution in [0.5, 0.6) is 5.75 Å². The minimum atomic E-state index is -0.257. The molecule has 30 heavy (non-hydrogen) atoms. The molecular formula is C24H29N3O3. The fraction of sp³-hybridized carbons (Fsp3) is 0.375. The maximum atomic E-state index is 12.7. The first-order valence-electron chi connectivity index (χ1n) is 10.4. The zero-order valence-corrected chi connectivity index (χ0v) is 17.7. The third kappa shape index (κ3) is 4.76. The van der Waals surface area contributed by atoms with E-state index in [1.165, 1.54) is 16.8 Å². The van der Waals surface area contributed by atoms with Crippen LogP contribution < -0.4 is 4.74 Å². The highest BCUT2D eigenvalue weighted by Gasteiger charge is 2.30. The molecule has 0 N–H and O–H groups in total. The van der Waals surface area contributed by atoms with Crippen LogP contribution in [0.15, 0.2) is 65.9 Å². The monoisotopic (exact) mass is 407 g/mol. The average Bonchev–Trinajstić information content (AvgIpc) is 2.78. The van der Waals surface area contributed by atoms with Gasteiger partial charge < -0.3 is 19.3 Å². The number of hydrogen-bond acceptors (Lipinski definition) is 5. The summed E-state index contributed by atoms with van der Waals surface area (Å²) >= 11 is 0. The van der Waals surface area contributed by atoms with Crippen molar-refractivity contribution >= 4 is 6.09 Å². The Kier molecular flexibility index (Phi) is 6.23. The van der Waals surface area contributed by atoms with E-state index in [2.05, 4.69) is 41.1 Å². The molecule has 0 fully saturated rings. The van der Waals surface area contributed by atoms with Crippen LogP contribution in [0.4, 0.5) is 4.79 Å². The van der Waals surface area contributed by atoms with Crippen LogP contribution in [0, 0.1) is 0 Å². The number of carbonyl (C=O) groups is 1. The molecule has 2 aliphatic rings. The van der Waals surface area contributed by atoms with Gasteiger partial charge in [0.2, 0.25) is 0 Å². The Morgan fingerprint density at radius 2 is 1.83 bits per heavy atom. The van der Waals surface area contributed by atoms with Crippen molar-refractivity contribution in [1.82, 2.24) is 14.7 Å². The van der Waals surface area contributed by atoms with Gasteiger partial charge in [-0.15, -0.1) is 0 Å². The van der Waals surface area contributed by atoms with Gasteiger partial charge in [0.15, 0.2) is 0 Å². The van der Waals surface area contributed by atoms with E-state index in [9.17, 15) is 4.79 Å². The predicted octanol–water partition coefficient (Wildman–Crippen LogP) is 3.70. The molecule has 0 aliphatic carbocycles. The quantitative estimate of drug-likeness (QED) is 0.756. The van der Waals surface area contributed by atoms with Crippen molar-refractivity contribution in [3.8, 4) is 5.75 Å². The van der Waals surface area contributed by atoms with Gasteiger partial charge in [0.25, 0.3) is 0 Å². The molecule has 0 aromatic heterocycles. The van der Waals surface area contributed by atoms with Crippen LogP contribution in [-0.4, -0.2) is 61.3 Å². The molecule has 0 unspecified atom stereocenters. The van der Waals surface area contributed by atoms with Crippen molar-refractivity contribution in [3.63, 3.8) is 0 Å². The second-order valence-corrected chi connectivity index (χ2v) is 7.94. The molecule has 0 saturated heterocycles. The molecule has 2 aliphatic heterocycles. The van der Waals surface area contributed by atoms with Crippen molar-refractivity contribution in [2.75, 3.05) is 40.5 Å². The van der Waals surface area contributed by atoms with Gasteiger partial charge in [-0.1, -0.05) is 42.5 Å². The molecule has 1 amide bonds. The Morgan fingerprint density at radius 3 is 2.63 bits per heavy atom. The van der Waals surface area contributed by atoms with Crippen LogP contribution in [-0.2, 0) is 17.9 Å². The summed E-state index contributed by atoms with van der Waals surface area (Å²) in [5, 5.41) is 0. The summed E-state index contributed by atoms with van der Waals surface area (Å²) in [5.74, 6) is 0.764. The van der Waals surface area contributed by atoms with Crippen LogP contribution in [0.3, 0.4) is 0 Å². The minimum Gasteiger partial charge on any atom is -0.497 e. The molecule has 2 aromatic carbocycles. The topological polar surface area (TPSA) is 45.3 Å². The molecule has 0 atom stereocenters. The van der Waals surface area contributed by atoms with Gasteiger partial charge >= 0.3 is 6.09 Å². The van der Waals surface area contributed by atoms with Crippen LogP contribution in [0.25, 0.3) is 0 Å². The van der Waals surface area contributed by atoms with E-state index in [1.807, 2.05) is 35.2 Å². The van der Waals surface area contributed by atoms with Gasteiger partial charge in [0, 0.05) is 45.3 Å². The molecule has 6 heteroatoms. The summed E-state index contributed by atoms with van der Waals surface area (Å²) in [5.41, 5.74) is 4.91. The van der Waals surface area contributed by atoms with Gasteiger partial charge in [-0.05, 0) is 28.8 Å². The number of carbonyl (C=O) groups excluding carboxylic acids is 1. The largest absolute Gasteiger partial charge is 0.497 e. The number of rotatable bonds is 5. The lowest BCUT2D eigenvalue weighted by Gasteiger charge is -2.42. The molecule has 2 aromatic rings. The van der Waals surface area contributed by atoms with E-state index in [0.29, 0.717) is 13.1 Å². The summed E-state index contributed by atoms with van der Waals surface area (Å²) in [4.78, 5) is 19.2. The fourth-order valence-corrected chi connectivity index (χ4v) is 4.23. The Hall–Kier alpha value is -2.99. The van der Waals surface area contributed by atoms with Crippen LogP contribution in [0.1, 0.15) is 17.5 Å². The van der Waals surface area contributed by atoms with Crippen molar-refractivity contribution in [3.05, 3.63) is 77.0 Å². The maximum absolute atomic E-state index is 12.7. The highest BCUT2D eigenvalue weighted by atomic mass is 16.6. The lowest BCUT2D eigenvalue weighted by Crippen LogP contribution is -2.48. The van der Waals surface area contributed by atoms with Crippen molar-refractivity contribution in [2.24, 2.45) is 0 Å². The summed E-state index contributed by atoms with van der Waals surface area (Å²) < 4.78 is 10.8. The molecule has 0 saturated carbocycles. The predicted molar refractivity (Wildman–Crippen MR) is 116 cm³/mol. The molecule has 2 heterocycles. The second kappa shape index (κ2) is 9.22. The fourth-order valence-electron chi connectivity index (χ4n) is 4.23. The van der Waals surface area contributed by atoms with E-state index >= 15 is 0 Å². The molecule has 0 bridgehead atoms. The van der Waals surface area contributed by atoms with Crippen LogP contribution >= 0.6 is 0 Å². The third-order valence-corrected chi connectivity index (χ3v) is 5.70. The lowest BCUT2D eigenvalue weighted by atomic mass is 10.0. The molecule has 6 nitrogen and oxygen atoms in total. The number of hydrogen-bond donors (Lipinski definition) is 0. The third-order valence-electron chi connectivity index (χ3n) is 5.70. The first-order valence-corrected chi connectivity index (χ1v) is 10.4. The zero-order valence-electron chi connectivity index (χ0n) is 17.7.